The number of unbranched alkanes of at least 4 members (excludes halogenated alkanes) is 1. The molecule has 0 aliphatic heterocycles. The molecule has 1 aromatic carbocycles. The van der Waals surface area contributed by atoms with Gasteiger partial charge in [-0.1, -0.05) is 24.3 Å². The molecule has 0 atom stereocenters. The van der Waals surface area contributed by atoms with Crippen LogP contribution >= 0.6 is 24.0 Å². The van der Waals surface area contributed by atoms with Gasteiger partial charge in [-0.3, -0.25) is 9.39 Å². The van der Waals surface area contributed by atoms with Crippen LogP contribution in [-0.2, 0) is 6.54 Å². The standard InChI is InChI=1S/C19H24N6O.HI/c1-20-19(21-12-6-8-14-26-16-9-3-2-4-10-16)22-15-18-24-23-17-11-5-7-13-25(17)18;/h2-5,7,9-11,13H,6,8,12,14-15H2,1H3,(H2,20,21,22);1H. The minimum absolute atomic E-state index is 0. The van der Waals surface area contributed by atoms with Gasteiger partial charge in [0.25, 0.3) is 0 Å². The molecule has 0 unspecified atom stereocenters. The Balaban J connectivity index is 0.00000261. The number of pyridine rings is 1. The van der Waals surface area contributed by atoms with Gasteiger partial charge in [-0.25, -0.2) is 0 Å². The van der Waals surface area contributed by atoms with E-state index < -0.39 is 0 Å². The van der Waals surface area contributed by atoms with Crippen molar-refractivity contribution in [2.45, 2.75) is 19.4 Å². The zero-order chi connectivity index (χ0) is 18.0. The molecule has 7 nitrogen and oxygen atoms in total. The Morgan fingerprint density at radius 2 is 1.85 bits per heavy atom. The number of nitrogens with one attached hydrogen (secondary N) is 2. The molecule has 2 aromatic heterocycles. The fourth-order valence-electron chi connectivity index (χ4n) is 2.54. The number of rotatable bonds is 8. The quantitative estimate of drug-likeness (QED) is 0.225. The number of fused-ring (bicyclic) bond motifs is 1. The number of para-hydroxylation sites is 1. The molecule has 3 aromatic rings. The summed E-state index contributed by atoms with van der Waals surface area (Å²) < 4.78 is 7.64. The first-order valence-electron chi connectivity index (χ1n) is 8.78. The predicted molar refractivity (Wildman–Crippen MR) is 118 cm³/mol. The number of benzene rings is 1. The number of nitrogens with zero attached hydrogens (tertiary/aromatic N) is 4. The average molecular weight is 480 g/mol. The highest BCUT2D eigenvalue weighted by Gasteiger charge is 2.05. The van der Waals surface area contributed by atoms with Gasteiger partial charge in [-0.2, -0.15) is 0 Å². The topological polar surface area (TPSA) is 75.8 Å². The van der Waals surface area contributed by atoms with Gasteiger partial charge in [0.15, 0.2) is 17.4 Å². The lowest BCUT2D eigenvalue weighted by Gasteiger charge is -2.11. The van der Waals surface area contributed by atoms with E-state index in [9.17, 15) is 0 Å². The van der Waals surface area contributed by atoms with Gasteiger partial charge < -0.3 is 15.4 Å². The van der Waals surface area contributed by atoms with Crippen LogP contribution in [0.5, 0.6) is 5.75 Å². The molecular weight excluding hydrogens is 455 g/mol. The number of ether oxygens (including phenoxy) is 1. The van der Waals surface area contributed by atoms with E-state index in [4.69, 9.17) is 4.74 Å². The molecule has 0 saturated carbocycles. The first-order valence-corrected chi connectivity index (χ1v) is 8.78. The second-order valence-corrected chi connectivity index (χ2v) is 5.77. The molecule has 8 heteroatoms. The monoisotopic (exact) mass is 480 g/mol. The SMILES string of the molecule is CN=C(NCCCCOc1ccccc1)NCc1nnc2ccccn12.I. The molecule has 0 saturated heterocycles. The van der Waals surface area contributed by atoms with Crippen LogP contribution in [0.25, 0.3) is 5.65 Å². The van der Waals surface area contributed by atoms with E-state index in [0.717, 1.165) is 42.6 Å². The van der Waals surface area contributed by atoms with Crippen LogP contribution in [-0.4, -0.2) is 40.8 Å². The Hall–Kier alpha value is -2.36. The fourth-order valence-corrected chi connectivity index (χ4v) is 2.54. The van der Waals surface area contributed by atoms with Gasteiger partial charge in [-0.15, -0.1) is 34.2 Å². The first kappa shape index (κ1) is 20.9. The highest BCUT2D eigenvalue weighted by molar-refractivity contribution is 14.0. The van der Waals surface area contributed by atoms with Gasteiger partial charge in [-0.05, 0) is 37.1 Å². The van der Waals surface area contributed by atoms with E-state index in [1.165, 1.54) is 0 Å². The highest BCUT2D eigenvalue weighted by atomic mass is 127. The number of aliphatic imine (C=N–C) groups is 1. The minimum atomic E-state index is 0. The summed E-state index contributed by atoms with van der Waals surface area (Å²) in [5.41, 5.74) is 0.839. The smallest absolute Gasteiger partial charge is 0.191 e. The number of hydrogen-bond donors (Lipinski definition) is 2. The van der Waals surface area contributed by atoms with Crippen molar-refractivity contribution in [2.75, 3.05) is 20.2 Å². The van der Waals surface area contributed by atoms with E-state index in [1.54, 1.807) is 7.05 Å². The maximum Gasteiger partial charge on any atom is 0.191 e. The van der Waals surface area contributed by atoms with Crippen LogP contribution in [0.4, 0.5) is 0 Å². The Morgan fingerprint density at radius 1 is 1.04 bits per heavy atom. The minimum Gasteiger partial charge on any atom is -0.494 e. The summed E-state index contributed by atoms with van der Waals surface area (Å²) in [4.78, 5) is 4.24. The summed E-state index contributed by atoms with van der Waals surface area (Å²) in [6.07, 6.45) is 3.93. The molecule has 0 radical (unpaired) electrons. The average Bonchev–Trinajstić information content (AvgIpc) is 3.11. The molecule has 2 heterocycles. The third kappa shape index (κ3) is 6.38. The molecule has 144 valence electrons. The van der Waals surface area contributed by atoms with Crippen molar-refractivity contribution in [3.8, 4) is 5.75 Å². The highest BCUT2D eigenvalue weighted by Crippen LogP contribution is 2.08. The predicted octanol–water partition coefficient (Wildman–Crippen LogP) is 2.87. The maximum absolute atomic E-state index is 5.69. The molecule has 0 fully saturated rings. The molecule has 0 spiro atoms. The van der Waals surface area contributed by atoms with Crippen molar-refractivity contribution in [3.05, 3.63) is 60.6 Å². The zero-order valence-corrected chi connectivity index (χ0v) is 17.7. The van der Waals surface area contributed by atoms with Crippen LogP contribution in [0.1, 0.15) is 18.7 Å². The van der Waals surface area contributed by atoms with Crippen molar-refractivity contribution >= 4 is 35.6 Å². The Morgan fingerprint density at radius 3 is 2.67 bits per heavy atom. The van der Waals surface area contributed by atoms with Crippen molar-refractivity contribution in [3.63, 3.8) is 0 Å². The number of halogens is 1. The molecule has 0 amide bonds. The molecular formula is C19H25IN6O. The van der Waals surface area contributed by atoms with Crippen molar-refractivity contribution < 1.29 is 4.74 Å². The van der Waals surface area contributed by atoms with Crippen molar-refractivity contribution in [1.82, 2.24) is 25.2 Å². The second-order valence-electron chi connectivity index (χ2n) is 5.77. The zero-order valence-electron chi connectivity index (χ0n) is 15.3. The molecule has 2 N–H and O–H groups in total. The lowest BCUT2D eigenvalue weighted by atomic mass is 10.3. The van der Waals surface area contributed by atoms with E-state index in [1.807, 2.05) is 59.1 Å². The molecule has 0 aliphatic rings. The first-order chi connectivity index (χ1) is 12.9. The summed E-state index contributed by atoms with van der Waals surface area (Å²) in [5.74, 6) is 2.51. The summed E-state index contributed by atoms with van der Waals surface area (Å²) in [7, 11) is 1.76. The Labute approximate surface area is 176 Å². The third-order valence-corrected chi connectivity index (χ3v) is 3.90. The van der Waals surface area contributed by atoms with Gasteiger partial charge in [0.1, 0.15) is 5.75 Å². The van der Waals surface area contributed by atoms with Gasteiger partial charge in [0, 0.05) is 19.8 Å². The summed E-state index contributed by atoms with van der Waals surface area (Å²) in [5, 5.41) is 14.9. The Bertz CT molecular complexity index is 836. The number of guanidine groups is 1. The van der Waals surface area contributed by atoms with Gasteiger partial charge in [0.2, 0.25) is 0 Å². The van der Waals surface area contributed by atoms with E-state index in [2.05, 4.69) is 25.8 Å². The molecule has 0 bridgehead atoms. The molecule has 0 aliphatic carbocycles. The number of hydrogen-bond acceptors (Lipinski definition) is 4. The van der Waals surface area contributed by atoms with Gasteiger partial charge >= 0.3 is 0 Å². The number of aromatic nitrogens is 3. The largest absolute Gasteiger partial charge is 0.494 e. The Kier molecular flexibility index (Phi) is 8.82. The van der Waals surface area contributed by atoms with Crippen LogP contribution in [0.2, 0.25) is 0 Å². The van der Waals surface area contributed by atoms with Crippen LogP contribution in [0.15, 0.2) is 59.7 Å². The van der Waals surface area contributed by atoms with Crippen LogP contribution in [0, 0.1) is 0 Å². The molecule has 3 rings (SSSR count). The lowest BCUT2D eigenvalue weighted by Crippen LogP contribution is -2.37. The third-order valence-electron chi connectivity index (χ3n) is 3.90. The van der Waals surface area contributed by atoms with Crippen LogP contribution in [0.3, 0.4) is 0 Å². The summed E-state index contributed by atoms with van der Waals surface area (Å²) in [6, 6.07) is 15.7. The van der Waals surface area contributed by atoms with Crippen molar-refractivity contribution in [1.29, 1.82) is 0 Å². The second kappa shape index (κ2) is 11.4. The van der Waals surface area contributed by atoms with E-state index in [-0.39, 0.29) is 24.0 Å². The lowest BCUT2D eigenvalue weighted by molar-refractivity contribution is 0.307. The molecule has 27 heavy (non-hydrogen) atoms. The summed E-state index contributed by atoms with van der Waals surface area (Å²) in [6.45, 7) is 2.10. The van der Waals surface area contributed by atoms with Gasteiger partial charge in [0.05, 0.1) is 13.2 Å². The van der Waals surface area contributed by atoms with Crippen molar-refractivity contribution in [2.24, 2.45) is 4.99 Å². The maximum atomic E-state index is 5.69. The normalized spacial score (nSPS) is 11.1. The fraction of sp³-hybridized carbons (Fsp3) is 0.316. The summed E-state index contributed by atoms with van der Waals surface area (Å²) >= 11 is 0. The van der Waals surface area contributed by atoms with E-state index >= 15 is 0 Å². The van der Waals surface area contributed by atoms with Crippen LogP contribution < -0.4 is 15.4 Å². The van der Waals surface area contributed by atoms with E-state index in [0.29, 0.717) is 13.2 Å².